The van der Waals surface area contributed by atoms with Crippen LogP contribution in [0.15, 0.2) is 12.1 Å². The number of nitro groups is 2. The number of nitro benzene ring substituents is 2. The molecule has 0 atom stereocenters. The smallest absolute Gasteiger partial charge is 0.360 e. The van der Waals surface area contributed by atoms with Crippen molar-refractivity contribution in [3.05, 3.63) is 37.9 Å². The highest BCUT2D eigenvalue weighted by Gasteiger charge is 2.38. The van der Waals surface area contributed by atoms with Crippen LogP contribution in [0.4, 0.5) is 39.4 Å². The van der Waals surface area contributed by atoms with Gasteiger partial charge < -0.3 is 4.90 Å². The predicted molar refractivity (Wildman–Crippen MR) is 79.8 cm³/mol. The van der Waals surface area contributed by atoms with Gasteiger partial charge in [0.15, 0.2) is 5.69 Å². The fraction of sp³-hybridized carbons (Fsp3) is 0.538. The molecule has 0 saturated carbocycles. The van der Waals surface area contributed by atoms with Gasteiger partial charge in [-0.05, 0) is 12.8 Å². The fourth-order valence-corrected chi connectivity index (χ4v) is 2.25. The van der Waals surface area contributed by atoms with E-state index in [2.05, 4.69) is 0 Å². The van der Waals surface area contributed by atoms with Gasteiger partial charge in [0.05, 0.1) is 15.4 Å². The SMILES string of the molecule is CCCN(CCC)c1c([N+](=O)[O-])cc(C(F)(F)F)cc1[N+](=O)[O-].FF. The molecular weight excluding hydrogens is 357 g/mol. The van der Waals surface area contributed by atoms with Crippen LogP contribution in [0.1, 0.15) is 32.3 Å². The summed E-state index contributed by atoms with van der Waals surface area (Å²) in [5.41, 5.74) is -3.61. The van der Waals surface area contributed by atoms with E-state index < -0.39 is 33.0 Å². The van der Waals surface area contributed by atoms with Crippen LogP contribution < -0.4 is 4.90 Å². The Labute approximate surface area is 139 Å². The van der Waals surface area contributed by atoms with Crippen LogP contribution >= 0.6 is 0 Å². The molecule has 1 aromatic carbocycles. The topological polar surface area (TPSA) is 89.5 Å². The summed E-state index contributed by atoms with van der Waals surface area (Å²) in [6, 6.07) is 0.696. The summed E-state index contributed by atoms with van der Waals surface area (Å²) in [6.07, 6.45) is -3.83. The molecule has 0 spiro atoms. The Hall–Kier alpha value is -2.53. The number of anilines is 1. The number of benzene rings is 1. The average molecular weight is 373 g/mol. The molecule has 0 aliphatic rings. The van der Waals surface area contributed by atoms with Gasteiger partial charge in [-0.1, -0.05) is 13.8 Å². The van der Waals surface area contributed by atoms with Crippen molar-refractivity contribution in [3.8, 4) is 0 Å². The number of halogens is 5. The van der Waals surface area contributed by atoms with Gasteiger partial charge in [-0.25, -0.2) is 0 Å². The zero-order chi connectivity index (χ0) is 19.8. The molecule has 12 heteroatoms. The molecule has 1 rings (SSSR count). The minimum absolute atomic E-state index is 0.265. The maximum absolute atomic E-state index is 12.8. The zero-order valence-electron chi connectivity index (χ0n) is 13.3. The van der Waals surface area contributed by atoms with Crippen molar-refractivity contribution in [1.82, 2.24) is 0 Å². The quantitative estimate of drug-likeness (QED) is 0.382. The maximum Gasteiger partial charge on any atom is 0.416 e. The second kappa shape index (κ2) is 9.69. The van der Waals surface area contributed by atoms with E-state index in [1.54, 1.807) is 13.8 Å². The van der Waals surface area contributed by atoms with E-state index in [0.717, 1.165) is 0 Å². The summed E-state index contributed by atoms with van der Waals surface area (Å²) < 4.78 is 54.5. The summed E-state index contributed by atoms with van der Waals surface area (Å²) in [5.74, 6) is 0. The summed E-state index contributed by atoms with van der Waals surface area (Å²) in [7, 11) is 0. The Bertz CT molecular complexity index is 569. The molecule has 0 fully saturated rings. The molecule has 0 unspecified atom stereocenters. The molecule has 0 aliphatic carbocycles. The molecule has 1 aromatic rings. The van der Waals surface area contributed by atoms with Gasteiger partial charge >= 0.3 is 6.18 Å². The van der Waals surface area contributed by atoms with Crippen LogP contribution in [-0.2, 0) is 6.18 Å². The Balaban J connectivity index is 0.00000277. The van der Waals surface area contributed by atoms with E-state index in [1.165, 1.54) is 4.90 Å². The fourth-order valence-electron chi connectivity index (χ4n) is 2.25. The number of hydrogen-bond acceptors (Lipinski definition) is 5. The number of alkyl halides is 3. The Morgan fingerprint density at radius 3 is 1.56 bits per heavy atom. The third-order valence-electron chi connectivity index (χ3n) is 3.09. The van der Waals surface area contributed by atoms with Crippen LogP contribution in [0.2, 0.25) is 0 Å². The van der Waals surface area contributed by atoms with Gasteiger partial charge in [0, 0.05) is 34.4 Å². The number of rotatable bonds is 7. The molecule has 25 heavy (non-hydrogen) atoms. The van der Waals surface area contributed by atoms with E-state index in [-0.39, 0.29) is 18.8 Å². The van der Waals surface area contributed by atoms with Crippen molar-refractivity contribution in [2.24, 2.45) is 0 Å². The summed E-state index contributed by atoms with van der Waals surface area (Å²) >= 11 is 0. The standard InChI is InChI=1S/C13H16F3N3O4.F2/c1-3-5-17(6-4-2)12-10(18(20)21)7-9(13(14,15)16)8-11(12)19(22)23;1-2/h7-8H,3-6H2,1-2H3;. The van der Waals surface area contributed by atoms with Crippen LogP contribution in [-0.4, -0.2) is 22.9 Å². The third kappa shape index (κ3) is 5.80. The van der Waals surface area contributed by atoms with Gasteiger partial charge in [0.25, 0.3) is 11.4 Å². The first kappa shape index (κ1) is 22.5. The molecule has 0 N–H and O–H groups in total. The van der Waals surface area contributed by atoms with Gasteiger partial charge in [0.1, 0.15) is 0 Å². The van der Waals surface area contributed by atoms with E-state index in [0.29, 0.717) is 25.0 Å². The lowest BCUT2D eigenvalue weighted by atomic mass is 10.1. The molecule has 142 valence electrons. The largest absolute Gasteiger partial charge is 0.416 e. The van der Waals surface area contributed by atoms with E-state index >= 15 is 0 Å². The van der Waals surface area contributed by atoms with Crippen molar-refractivity contribution < 1.29 is 32.2 Å². The van der Waals surface area contributed by atoms with Gasteiger partial charge in [-0.15, -0.1) is 0 Å². The predicted octanol–water partition coefficient (Wildman–Crippen LogP) is 4.99. The summed E-state index contributed by atoms with van der Waals surface area (Å²) in [5, 5.41) is 22.4. The van der Waals surface area contributed by atoms with Crippen molar-refractivity contribution in [1.29, 1.82) is 0 Å². The Kier molecular flexibility index (Phi) is 8.71. The second-order valence-corrected chi connectivity index (χ2v) is 4.86. The zero-order valence-corrected chi connectivity index (χ0v) is 13.3. The maximum atomic E-state index is 12.8. The molecular formula is C13H16F5N3O4. The Morgan fingerprint density at radius 1 is 0.960 bits per heavy atom. The monoisotopic (exact) mass is 373 g/mol. The lowest BCUT2D eigenvalue weighted by Crippen LogP contribution is -2.27. The first-order valence-corrected chi connectivity index (χ1v) is 7.06. The van der Waals surface area contributed by atoms with Gasteiger partial charge in [0.2, 0.25) is 0 Å². The van der Waals surface area contributed by atoms with Crippen LogP contribution in [0, 0.1) is 20.2 Å². The number of nitrogens with zero attached hydrogens (tertiary/aromatic N) is 3. The van der Waals surface area contributed by atoms with Gasteiger partial charge in [-0.3, -0.25) is 20.2 Å². The van der Waals surface area contributed by atoms with E-state index in [1.807, 2.05) is 0 Å². The number of hydrogen-bond donors (Lipinski definition) is 0. The molecule has 7 nitrogen and oxygen atoms in total. The summed E-state index contributed by atoms with van der Waals surface area (Å²) in [4.78, 5) is 21.7. The highest BCUT2D eigenvalue weighted by molar-refractivity contribution is 5.76. The average Bonchev–Trinajstić information content (AvgIpc) is 2.54. The van der Waals surface area contributed by atoms with Crippen molar-refractivity contribution in [2.75, 3.05) is 18.0 Å². The van der Waals surface area contributed by atoms with Crippen LogP contribution in [0.25, 0.3) is 0 Å². The second-order valence-electron chi connectivity index (χ2n) is 4.86. The molecule has 0 bridgehead atoms. The van der Waals surface area contributed by atoms with Crippen LogP contribution in [0.5, 0.6) is 0 Å². The van der Waals surface area contributed by atoms with E-state index in [9.17, 15) is 33.4 Å². The molecule has 0 saturated heterocycles. The third-order valence-corrected chi connectivity index (χ3v) is 3.09. The molecule has 0 radical (unpaired) electrons. The minimum Gasteiger partial charge on any atom is -0.360 e. The van der Waals surface area contributed by atoms with Gasteiger partial charge in [-0.2, -0.15) is 13.2 Å². The summed E-state index contributed by atoms with van der Waals surface area (Å²) in [6.45, 7) is 4.07. The normalized spacial score (nSPS) is 10.7. The highest BCUT2D eigenvalue weighted by atomic mass is 20.0. The van der Waals surface area contributed by atoms with Crippen LogP contribution in [0.3, 0.4) is 0 Å². The highest BCUT2D eigenvalue weighted by Crippen LogP contribution is 2.43. The molecule has 0 heterocycles. The first-order chi connectivity index (χ1) is 11.6. The lowest BCUT2D eigenvalue weighted by molar-refractivity contribution is -0.393. The molecule has 0 aliphatic heterocycles. The van der Waals surface area contributed by atoms with Crippen molar-refractivity contribution >= 4 is 17.1 Å². The van der Waals surface area contributed by atoms with Crippen molar-refractivity contribution in [2.45, 2.75) is 32.9 Å². The van der Waals surface area contributed by atoms with E-state index in [4.69, 9.17) is 9.15 Å². The molecule has 0 aromatic heterocycles. The first-order valence-electron chi connectivity index (χ1n) is 7.06. The molecule has 0 amide bonds. The van der Waals surface area contributed by atoms with Crippen molar-refractivity contribution in [3.63, 3.8) is 0 Å². The minimum atomic E-state index is -4.91. The lowest BCUT2D eigenvalue weighted by Gasteiger charge is -2.23. The Morgan fingerprint density at radius 2 is 1.32 bits per heavy atom.